The number of methoxy groups -OCH3 is 2. The highest BCUT2D eigenvalue weighted by atomic mass is 16.7. The Bertz CT molecular complexity index is 119. The Kier molecular flexibility index (Phi) is 5.35. The van der Waals surface area contributed by atoms with Gasteiger partial charge in [-0.2, -0.15) is 0 Å². The quantitative estimate of drug-likeness (QED) is 0.331. The first-order chi connectivity index (χ1) is 6.36. The molecule has 0 amide bonds. The van der Waals surface area contributed by atoms with Gasteiger partial charge in [-0.15, -0.1) is 0 Å². The van der Waals surface area contributed by atoms with Crippen LogP contribution in [0.4, 0.5) is 0 Å². The third-order valence-electron chi connectivity index (χ3n) is 2.39. The first-order valence-electron chi connectivity index (χ1n) is 5.04. The fourth-order valence-corrected chi connectivity index (χ4v) is 1.43. The van der Waals surface area contributed by atoms with Gasteiger partial charge in [-0.3, -0.25) is 0 Å². The van der Waals surface area contributed by atoms with E-state index in [2.05, 4.69) is 0 Å². The van der Waals surface area contributed by atoms with Crippen LogP contribution in [0.15, 0.2) is 0 Å². The Labute approximate surface area is 80.4 Å². The molecule has 0 spiro atoms. The second-order valence-electron chi connectivity index (χ2n) is 3.49. The molecule has 1 heterocycles. The predicted molar refractivity (Wildman–Crippen MR) is 50.6 cm³/mol. The van der Waals surface area contributed by atoms with Crippen LogP contribution in [-0.4, -0.2) is 33.2 Å². The molecular weight excluding hydrogens is 168 g/mol. The van der Waals surface area contributed by atoms with Crippen LogP contribution in [0.2, 0.25) is 0 Å². The lowest BCUT2D eigenvalue weighted by atomic mass is 10.1. The SMILES string of the molecule is COC(CCCCC[C@@H]1CO1)OC. The smallest absolute Gasteiger partial charge is 0.156 e. The third-order valence-corrected chi connectivity index (χ3v) is 2.39. The third kappa shape index (κ3) is 5.24. The molecule has 13 heavy (non-hydrogen) atoms. The molecule has 0 radical (unpaired) electrons. The van der Waals surface area contributed by atoms with Crippen molar-refractivity contribution in [1.82, 2.24) is 0 Å². The minimum absolute atomic E-state index is 0.0165. The summed E-state index contributed by atoms with van der Waals surface area (Å²) in [6.45, 7) is 0.985. The van der Waals surface area contributed by atoms with E-state index < -0.39 is 0 Å². The minimum atomic E-state index is -0.0165. The Morgan fingerprint density at radius 3 is 2.46 bits per heavy atom. The Balaban J connectivity index is 1.81. The molecule has 78 valence electrons. The molecule has 3 nitrogen and oxygen atoms in total. The van der Waals surface area contributed by atoms with Crippen molar-refractivity contribution in [3.05, 3.63) is 0 Å². The van der Waals surface area contributed by atoms with Crippen molar-refractivity contribution in [2.45, 2.75) is 44.5 Å². The average molecular weight is 188 g/mol. The van der Waals surface area contributed by atoms with E-state index in [1.165, 1.54) is 25.7 Å². The van der Waals surface area contributed by atoms with Gasteiger partial charge in [-0.05, 0) is 19.3 Å². The molecule has 1 fully saturated rings. The fraction of sp³-hybridized carbons (Fsp3) is 1.00. The van der Waals surface area contributed by atoms with Crippen molar-refractivity contribution < 1.29 is 14.2 Å². The summed E-state index contributed by atoms with van der Waals surface area (Å²) in [5.74, 6) is 0. The van der Waals surface area contributed by atoms with Gasteiger partial charge in [0, 0.05) is 14.2 Å². The van der Waals surface area contributed by atoms with Gasteiger partial charge >= 0.3 is 0 Å². The molecule has 0 bridgehead atoms. The summed E-state index contributed by atoms with van der Waals surface area (Å²) in [7, 11) is 3.37. The molecule has 0 aromatic carbocycles. The number of unbranched alkanes of at least 4 members (excludes halogenated alkanes) is 2. The summed E-state index contributed by atoms with van der Waals surface area (Å²) in [6.07, 6.45) is 6.49. The van der Waals surface area contributed by atoms with Crippen molar-refractivity contribution in [3.63, 3.8) is 0 Å². The lowest BCUT2D eigenvalue weighted by molar-refractivity contribution is -0.107. The number of rotatable bonds is 8. The van der Waals surface area contributed by atoms with Gasteiger partial charge in [-0.25, -0.2) is 0 Å². The van der Waals surface area contributed by atoms with E-state index in [1.54, 1.807) is 14.2 Å². The Morgan fingerprint density at radius 2 is 1.92 bits per heavy atom. The van der Waals surface area contributed by atoms with Crippen LogP contribution < -0.4 is 0 Å². The molecule has 0 saturated carbocycles. The molecule has 1 atom stereocenters. The van der Waals surface area contributed by atoms with Gasteiger partial charge < -0.3 is 14.2 Å². The maximum absolute atomic E-state index is 5.13. The lowest BCUT2D eigenvalue weighted by Gasteiger charge is -2.12. The fourth-order valence-electron chi connectivity index (χ4n) is 1.43. The van der Waals surface area contributed by atoms with Crippen LogP contribution in [0.1, 0.15) is 32.1 Å². The molecule has 1 saturated heterocycles. The summed E-state index contributed by atoms with van der Waals surface area (Å²) >= 11 is 0. The Morgan fingerprint density at radius 1 is 1.23 bits per heavy atom. The zero-order valence-electron chi connectivity index (χ0n) is 8.62. The first kappa shape index (κ1) is 11.0. The molecule has 3 heteroatoms. The number of hydrogen-bond acceptors (Lipinski definition) is 3. The zero-order chi connectivity index (χ0) is 9.52. The van der Waals surface area contributed by atoms with Crippen LogP contribution >= 0.6 is 0 Å². The van der Waals surface area contributed by atoms with Crippen molar-refractivity contribution in [1.29, 1.82) is 0 Å². The largest absolute Gasteiger partial charge is 0.373 e. The molecule has 0 aromatic rings. The molecule has 0 aromatic heterocycles. The van der Waals surface area contributed by atoms with Gasteiger partial charge in [0.2, 0.25) is 0 Å². The van der Waals surface area contributed by atoms with E-state index in [0.717, 1.165) is 13.0 Å². The van der Waals surface area contributed by atoms with Gasteiger partial charge in [0.15, 0.2) is 6.29 Å². The van der Waals surface area contributed by atoms with Gasteiger partial charge in [0.1, 0.15) is 0 Å². The maximum atomic E-state index is 5.13. The second kappa shape index (κ2) is 6.35. The molecule has 1 aliphatic rings. The predicted octanol–water partition coefficient (Wildman–Crippen LogP) is 1.95. The average Bonchev–Trinajstić information content (AvgIpc) is 2.95. The summed E-state index contributed by atoms with van der Waals surface area (Å²) in [6, 6.07) is 0. The van der Waals surface area contributed by atoms with Crippen LogP contribution in [0, 0.1) is 0 Å². The Hall–Kier alpha value is -0.120. The summed E-state index contributed by atoms with van der Waals surface area (Å²) in [5.41, 5.74) is 0. The lowest BCUT2D eigenvalue weighted by Crippen LogP contribution is -2.12. The molecule has 1 rings (SSSR count). The number of epoxide rings is 1. The van der Waals surface area contributed by atoms with E-state index in [-0.39, 0.29) is 6.29 Å². The van der Waals surface area contributed by atoms with E-state index in [0.29, 0.717) is 6.10 Å². The van der Waals surface area contributed by atoms with Crippen LogP contribution in [0.5, 0.6) is 0 Å². The topological polar surface area (TPSA) is 31.0 Å². The van der Waals surface area contributed by atoms with Crippen LogP contribution in [0.25, 0.3) is 0 Å². The van der Waals surface area contributed by atoms with Gasteiger partial charge in [0.25, 0.3) is 0 Å². The highest BCUT2D eigenvalue weighted by Crippen LogP contribution is 2.18. The van der Waals surface area contributed by atoms with E-state index in [4.69, 9.17) is 14.2 Å². The van der Waals surface area contributed by atoms with Gasteiger partial charge in [0.05, 0.1) is 12.7 Å². The second-order valence-corrected chi connectivity index (χ2v) is 3.49. The molecule has 0 N–H and O–H groups in total. The van der Waals surface area contributed by atoms with E-state index in [9.17, 15) is 0 Å². The summed E-state index contributed by atoms with van der Waals surface area (Å²) in [5, 5.41) is 0. The van der Waals surface area contributed by atoms with Crippen molar-refractivity contribution >= 4 is 0 Å². The zero-order valence-corrected chi connectivity index (χ0v) is 8.62. The normalized spacial score (nSPS) is 21.0. The number of ether oxygens (including phenoxy) is 3. The first-order valence-corrected chi connectivity index (χ1v) is 5.04. The van der Waals surface area contributed by atoms with E-state index in [1.807, 2.05) is 0 Å². The van der Waals surface area contributed by atoms with Crippen molar-refractivity contribution in [2.24, 2.45) is 0 Å². The molecule has 0 unspecified atom stereocenters. The monoisotopic (exact) mass is 188 g/mol. The molecular formula is C10H20O3. The van der Waals surface area contributed by atoms with Gasteiger partial charge in [-0.1, -0.05) is 12.8 Å². The highest BCUT2D eigenvalue weighted by Gasteiger charge is 2.20. The number of hydrogen-bond donors (Lipinski definition) is 0. The summed E-state index contributed by atoms with van der Waals surface area (Å²) < 4.78 is 15.3. The standard InChI is InChI=1S/C10H20O3/c1-11-10(12-2)7-5-3-4-6-9-8-13-9/h9-10H,3-8H2,1-2H3/t9-/m1/s1. The van der Waals surface area contributed by atoms with Crippen molar-refractivity contribution in [3.8, 4) is 0 Å². The minimum Gasteiger partial charge on any atom is -0.373 e. The van der Waals surface area contributed by atoms with Crippen LogP contribution in [0.3, 0.4) is 0 Å². The van der Waals surface area contributed by atoms with Crippen molar-refractivity contribution in [2.75, 3.05) is 20.8 Å². The van der Waals surface area contributed by atoms with E-state index >= 15 is 0 Å². The molecule has 1 aliphatic heterocycles. The summed E-state index contributed by atoms with van der Waals surface area (Å²) in [4.78, 5) is 0. The molecule has 0 aliphatic carbocycles. The van der Waals surface area contributed by atoms with Crippen LogP contribution in [-0.2, 0) is 14.2 Å². The highest BCUT2D eigenvalue weighted by molar-refractivity contribution is 4.68. The maximum Gasteiger partial charge on any atom is 0.156 e.